The maximum Gasteiger partial charge on any atom is 0.120 e. The summed E-state index contributed by atoms with van der Waals surface area (Å²) in [6.45, 7) is 2.64. The van der Waals surface area contributed by atoms with Crippen LogP contribution in [-0.4, -0.2) is 0 Å². The van der Waals surface area contributed by atoms with E-state index in [4.69, 9.17) is 4.74 Å². The molecule has 2 rings (SSSR count). The molecule has 0 unspecified atom stereocenters. The average Bonchev–Trinajstić information content (AvgIpc) is 2.33. The van der Waals surface area contributed by atoms with Crippen LogP contribution in [0.4, 0.5) is 0 Å². The lowest BCUT2D eigenvalue weighted by atomic mass is 10.2. The lowest BCUT2D eigenvalue weighted by molar-refractivity contribution is 0.306. The molecule has 2 aromatic carbocycles. The summed E-state index contributed by atoms with van der Waals surface area (Å²) in [5.41, 5.74) is 2.34. The van der Waals surface area contributed by atoms with Gasteiger partial charge in [-0.1, -0.05) is 44.0 Å². The van der Waals surface area contributed by atoms with Crippen LogP contribution >= 0.6 is 31.9 Å². The molecule has 0 aliphatic rings. The Morgan fingerprint density at radius 1 is 1.00 bits per heavy atom. The van der Waals surface area contributed by atoms with Crippen LogP contribution in [0.25, 0.3) is 0 Å². The van der Waals surface area contributed by atoms with Crippen molar-refractivity contribution < 1.29 is 4.74 Å². The first-order valence-electron chi connectivity index (χ1n) is 5.28. The number of rotatable bonds is 3. The fraction of sp³-hybridized carbons (Fsp3) is 0.143. The largest absolute Gasteiger partial charge is 0.489 e. The Hall–Kier alpha value is -0.800. The van der Waals surface area contributed by atoms with Gasteiger partial charge in [0.25, 0.3) is 0 Å². The van der Waals surface area contributed by atoms with E-state index in [-0.39, 0.29) is 0 Å². The second kappa shape index (κ2) is 5.69. The molecule has 0 radical (unpaired) electrons. The fourth-order valence-electron chi connectivity index (χ4n) is 1.45. The van der Waals surface area contributed by atoms with E-state index in [1.165, 1.54) is 5.56 Å². The maximum atomic E-state index is 5.73. The number of hydrogen-bond donors (Lipinski definition) is 0. The molecular weight excluding hydrogens is 344 g/mol. The van der Waals surface area contributed by atoms with E-state index in [0.717, 1.165) is 20.3 Å². The lowest BCUT2D eigenvalue weighted by Gasteiger charge is -2.08. The minimum Gasteiger partial charge on any atom is -0.489 e. The molecule has 0 saturated heterocycles. The SMILES string of the molecule is Cc1cc(OCc2ccc(Br)cc2)ccc1Br. The van der Waals surface area contributed by atoms with E-state index in [1.54, 1.807) is 0 Å². The normalized spacial score (nSPS) is 10.3. The summed E-state index contributed by atoms with van der Waals surface area (Å²) in [5.74, 6) is 0.897. The Morgan fingerprint density at radius 2 is 1.71 bits per heavy atom. The van der Waals surface area contributed by atoms with Crippen molar-refractivity contribution in [1.82, 2.24) is 0 Å². The summed E-state index contributed by atoms with van der Waals surface area (Å²) in [4.78, 5) is 0. The molecule has 0 saturated carbocycles. The Morgan fingerprint density at radius 3 is 2.35 bits per heavy atom. The van der Waals surface area contributed by atoms with Crippen molar-refractivity contribution in [2.24, 2.45) is 0 Å². The van der Waals surface area contributed by atoms with Crippen molar-refractivity contribution in [3.63, 3.8) is 0 Å². The molecule has 1 nitrogen and oxygen atoms in total. The van der Waals surface area contributed by atoms with Crippen molar-refractivity contribution in [2.75, 3.05) is 0 Å². The molecule has 17 heavy (non-hydrogen) atoms. The van der Waals surface area contributed by atoms with Crippen molar-refractivity contribution in [1.29, 1.82) is 0 Å². The second-order valence-corrected chi connectivity index (χ2v) is 5.60. The van der Waals surface area contributed by atoms with Gasteiger partial charge in [-0.2, -0.15) is 0 Å². The van der Waals surface area contributed by atoms with Gasteiger partial charge in [0, 0.05) is 8.95 Å². The predicted octanol–water partition coefficient (Wildman–Crippen LogP) is 5.10. The second-order valence-electron chi connectivity index (χ2n) is 3.83. The van der Waals surface area contributed by atoms with Crippen molar-refractivity contribution >= 4 is 31.9 Å². The van der Waals surface area contributed by atoms with Crippen molar-refractivity contribution in [3.8, 4) is 5.75 Å². The zero-order valence-corrected chi connectivity index (χ0v) is 12.6. The Balaban J connectivity index is 2.02. The van der Waals surface area contributed by atoms with E-state index in [1.807, 2.05) is 30.3 Å². The van der Waals surface area contributed by atoms with Crippen LogP contribution in [0, 0.1) is 6.92 Å². The number of ether oxygens (including phenoxy) is 1. The van der Waals surface area contributed by atoms with E-state index in [0.29, 0.717) is 6.61 Å². The highest BCUT2D eigenvalue weighted by atomic mass is 79.9. The van der Waals surface area contributed by atoms with E-state index < -0.39 is 0 Å². The fourth-order valence-corrected chi connectivity index (χ4v) is 1.97. The molecule has 0 N–H and O–H groups in total. The van der Waals surface area contributed by atoms with Gasteiger partial charge in [-0.25, -0.2) is 0 Å². The zero-order valence-electron chi connectivity index (χ0n) is 9.41. The van der Waals surface area contributed by atoms with E-state index in [9.17, 15) is 0 Å². The van der Waals surface area contributed by atoms with Gasteiger partial charge in [0.15, 0.2) is 0 Å². The van der Waals surface area contributed by atoms with Gasteiger partial charge in [-0.15, -0.1) is 0 Å². The monoisotopic (exact) mass is 354 g/mol. The third-order valence-corrected chi connectivity index (χ3v) is 3.87. The van der Waals surface area contributed by atoms with Gasteiger partial charge in [0.05, 0.1) is 0 Å². The summed E-state index contributed by atoms with van der Waals surface area (Å²) < 4.78 is 7.92. The van der Waals surface area contributed by atoms with Gasteiger partial charge in [0.1, 0.15) is 12.4 Å². The summed E-state index contributed by atoms with van der Waals surface area (Å²) in [7, 11) is 0. The summed E-state index contributed by atoms with van der Waals surface area (Å²) in [6, 6.07) is 14.1. The van der Waals surface area contributed by atoms with Gasteiger partial charge in [0.2, 0.25) is 0 Å². The van der Waals surface area contributed by atoms with Crippen LogP contribution in [0.5, 0.6) is 5.75 Å². The van der Waals surface area contributed by atoms with Crippen LogP contribution in [0.1, 0.15) is 11.1 Å². The summed E-state index contributed by atoms with van der Waals surface area (Å²) in [5, 5.41) is 0. The van der Waals surface area contributed by atoms with Crippen LogP contribution in [-0.2, 0) is 6.61 Å². The number of benzene rings is 2. The third kappa shape index (κ3) is 3.58. The van der Waals surface area contributed by atoms with E-state index in [2.05, 4.69) is 50.9 Å². The quantitative estimate of drug-likeness (QED) is 0.744. The third-order valence-electron chi connectivity index (χ3n) is 2.45. The molecule has 0 atom stereocenters. The first kappa shape index (κ1) is 12.7. The van der Waals surface area contributed by atoms with Crippen LogP contribution in [0.2, 0.25) is 0 Å². The Kier molecular flexibility index (Phi) is 4.24. The zero-order chi connectivity index (χ0) is 12.3. The van der Waals surface area contributed by atoms with E-state index >= 15 is 0 Å². The van der Waals surface area contributed by atoms with Crippen LogP contribution in [0.15, 0.2) is 51.4 Å². The molecule has 2 aromatic rings. The lowest BCUT2D eigenvalue weighted by Crippen LogP contribution is -1.95. The highest BCUT2D eigenvalue weighted by molar-refractivity contribution is 9.10. The van der Waals surface area contributed by atoms with Gasteiger partial charge >= 0.3 is 0 Å². The van der Waals surface area contributed by atoms with Crippen molar-refractivity contribution in [3.05, 3.63) is 62.5 Å². The molecular formula is C14H12Br2O. The van der Waals surface area contributed by atoms with Crippen LogP contribution in [0.3, 0.4) is 0 Å². The van der Waals surface area contributed by atoms with Gasteiger partial charge < -0.3 is 4.74 Å². The molecule has 88 valence electrons. The first-order valence-corrected chi connectivity index (χ1v) is 6.87. The first-order chi connectivity index (χ1) is 8.15. The maximum absolute atomic E-state index is 5.73. The van der Waals surface area contributed by atoms with Crippen molar-refractivity contribution in [2.45, 2.75) is 13.5 Å². The Bertz CT molecular complexity index is 506. The molecule has 0 aliphatic carbocycles. The summed E-state index contributed by atoms with van der Waals surface area (Å²) in [6.07, 6.45) is 0. The number of aryl methyl sites for hydroxylation is 1. The standard InChI is InChI=1S/C14H12Br2O/c1-10-8-13(6-7-14(10)16)17-9-11-2-4-12(15)5-3-11/h2-8H,9H2,1H3. The number of hydrogen-bond acceptors (Lipinski definition) is 1. The van der Waals surface area contributed by atoms with Crippen LogP contribution < -0.4 is 4.74 Å². The Labute approximate surface area is 118 Å². The molecule has 3 heteroatoms. The smallest absolute Gasteiger partial charge is 0.120 e. The predicted molar refractivity (Wildman–Crippen MR) is 77.4 cm³/mol. The average molecular weight is 356 g/mol. The molecule has 0 spiro atoms. The summed E-state index contributed by atoms with van der Waals surface area (Å²) >= 11 is 6.89. The highest BCUT2D eigenvalue weighted by Gasteiger charge is 1.99. The minimum atomic E-state index is 0.592. The molecule has 0 amide bonds. The molecule has 0 fully saturated rings. The highest BCUT2D eigenvalue weighted by Crippen LogP contribution is 2.22. The van der Waals surface area contributed by atoms with Gasteiger partial charge in [-0.05, 0) is 48.4 Å². The minimum absolute atomic E-state index is 0.592. The molecule has 0 heterocycles. The number of halogens is 2. The topological polar surface area (TPSA) is 9.23 Å². The molecule has 0 aromatic heterocycles. The molecule has 0 aliphatic heterocycles. The molecule has 0 bridgehead atoms. The van der Waals surface area contributed by atoms with Gasteiger partial charge in [-0.3, -0.25) is 0 Å².